The first kappa shape index (κ1) is 17.0. The molecule has 1 aromatic heterocycles. The number of hydrogen-bond donors (Lipinski definition) is 1. The van der Waals surface area contributed by atoms with Gasteiger partial charge in [0.05, 0.1) is 5.69 Å². The number of sulfonamides is 1. The van der Waals surface area contributed by atoms with Crippen molar-refractivity contribution in [3.63, 3.8) is 0 Å². The van der Waals surface area contributed by atoms with Gasteiger partial charge in [-0.05, 0) is 24.5 Å². The maximum Gasteiger partial charge on any atom is 0.244 e. The van der Waals surface area contributed by atoms with Crippen LogP contribution in [0, 0.1) is 5.41 Å². The lowest BCUT2D eigenvalue weighted by Gasteiger charge is -2.34. The van der Waals surface area contributed by atoms with E-state index in [9.17, 15) is 8.42 Å². The average Bonchev–Trinajstić information content (AvgIpc) is 2.35. The molecule has 1 rings (SSSR count). The molecular formula is C13H21N3O2S2. The zero-order chi connectivity index (χ0) is 15.7. The lowest BCUT2D eigenvalue weighted by molar-refractivity contribution is 0.216. The Kier molecular flexibility index (Phi) is 4.89. The number of nitrogens with two attached hydrogens (primary N) is 1. The predicted octanol–water partition coefficient (Wildman–Crippen LogP) is 1.77. The maximum atomic E-state index is 12.5. The van der Waals surface area contributed by atoms with Crippen LogP contribution in [0.15, 0.2) is 23.2 Å². The molecule has 0 aliphatic rings. The van der Waals surface area contributed by atoms with Gasteiger partial charge in [0, 0.05) is 19.3 Å². The van der Waals surface area contributed by atoms with E-state index in [4.69, 9.17) is 18.0 Å². The summed E-state index contributed by atoms with van der Waals surface area (Å²) in [5.41, 5.74) is 5.70. The molecule has 1 atom stereocenters. The Labute approximate surface area is 126 Å². The highest BCUT2D eigenvalue weighted by molar-refractivity contribution is 7.89. The Balaban J connectivity index is 3.13. The van der Waals surface area contributed by atoms with E-state index in [-0.39, 0.29) is 21.3 Å². The van der Waals surface area contributed by atoms with E-state index in [1.54, 1.807) is 7.05 Å². The van der Waals surface area contributed by atoms with Crippen molar-refractivity contribution in [2.75, 3.05) is 7.05 Å². The summed E-state index contributed by atoms with van der Waals surface area (Å²) in [6.07, 6.45) is 1.29. The van der Waals surface area contributed by atoms with Crippen LogP contribution < -0.4 is 5.73 Å². The van der Waals surface area contributed by atoms with Gasteiger partial charge in [0.25, 0.3) is 0 Å². The molecule has 0 aromatic carbocycles. The first-order chi connectivity index (χ1) is 8.98. The van der Waals surface area contributed by atoms with Crippen LogP contribution in [-0.4, -0.2) is 35.8 Å². The van der Waals surface area contributed by atoms with Crippen LogP contribution in [0.4, 0.5) is 0 Å². The second kappa shape index (κ2) is 5.75. The van der Waals surface area contributed by atoms with Crippen molar-refractivity contribution >= 4 is 27.2 Å². The zero-order valence-electron chi connectivity index (χ0n) is 12.4. The molecule has 0 bridgehead atoms. The number of aromatic nitrogens is 1. The van der Waals surface area contributed by atoms with Crippen molar-refractivity contribution < 1.29 is 8.42 Å². The minimum Gasteiger partial charge on any atom is -0.388 e. The fraction of sp³-hybridized carbons (Fsp3) is 0.538. The average molecular weight is 315 g/mol. The van der Waals surface area contributed by atoms with Gasteiger partial charge in [-0.3, -0.25) is 4.98 Å². The Morgan fingerprint density at radius 3 is 2.30 bits per heavy atom. The van der Waals surface area contributed by atoms with Crippen molar-refractivity contribution in [2.24, 2.45) is 11.1 Å². The maximum absolute atomic E-state index is 12.5. The highest BCUT2D eigenvalue weighted by atomic mass is 32.2. The number of nitrogens with zero attached hydrogens (tertiary/aromatic N) is 2. The Hall–Kier alpha value is -1.05. The largest absolute Gasteiger partial charge is 0.388 e. The topological polar surface area (TPSA) is 76.3 Å². The van der Waals surface area contributed by atoms with Crippen molar-refractivity contribution in [1.82, 2.24) is 9.29 Å². The lowest BCUT2D eigenvalue weighted by Crippen LogP contribution is -2.42. The fourth-order valence-electron chi connectivity index (χ4n) is 1.60. The molecule has 0 saturated heterocycles. The van der Waals surface area contributed by atoms with Crippen molar-refractivity contribution in [2.45, 2.75) is 38.6 Å². The van der Waals surface area contributed by atoms with E-state index in [1.807, 2.05) is 27.7 Å². The summed E-state index contributed by atoms with van der Waals surface area (Å²) in [6, 6.07) is 2.84. The molecule has 2 N–H and O–H groups in total. The summed E-state index contributed by atoms with van der Waals surface area (Å²) in [4.78, 5) is 4.26. The van der Waals surface area contributed by atoms with E-state index >= 15 is 0 Å². The molecule has 1 unspecified atom stereocenters. The van der Waals surface area contributed by atoms with Crippen molar-refractivity contribution in [3.8, 4) is 0 Å². The van der Waals surface area contributed by atoms with Gasteiger partial charge in [-0.15, -0.1) is 0 Å². The molecule has 0 aliphatic carbocycles. The first-order valence-corrected chi connectivity index (χ1v) is 8.06. The molecule has 7 heteroatoms. The molecular weight excluding hydrogens is 294 g/mol. The van der Waals surface area contributed by atoms with Crippen LogP contribution in [0.5, 0.6) is 0 Å². The summed E-state index contributed by atoms with van der Waals surface area (Å²) < 4.78 is 26.4. The molecule has 1 aromatic rings. The molecule has 0 radical (unpaired) electrons. The second-order valence-corrected chi connectivity index (χ2v) is 8.24. The molecule has 1 heterocycles. The molecule has 0 amide bonds. The van der Waals surface area contributed by atoms with E-state index in [1.165, 1.54) is 22.6 Å². The van der Waals surface area contributed by atoms with Crippen LogP contribution in [0.1, 0.15) is 33.4 Å². The Morgan fingerprint density at radius 2 is 1.95 bits per heavy atom. The Morgan fingerprint density at radius 1 is 1.40 bits per heavy atom. The summed E-state index contributed by atoms with van der Waals surface area (Å²) in [6.45, 7) is 7.88. The van der Waals surface area contributed by atoms with Gasteiger partial charge >= 0.3 is 0 Å². The summed E-state index contributed by atoms with van der Waals surface area (Å²) >= 11 is 4.80. The molecule has 5 nitrogen and oxygen atoms in total. The molecule has 0 aliphatic heterocycles. The van der Waals surface area contributed by atoms with Crippen LogP contribution in [0.2, 0.25) is 0 Å². The lowest BCUT2D eigenvalue weighted by atomic mass is 9.88. The third-order valence-corrected chi connectivity index (χ3v) is 5.59. The van der Waals surface area contributed by atoms with E-state index in [0.717, 1.165) is 0 Å². The smallest absolute Gasteiger partial charge is 0.244 e. The standard InChI is InChI=1S/C13H21N3O2S2/c1-9(13(2,3)4)16(5)20(17,18)10-6-7-11(12(14)19)15-8-10/h6-9H,1-5H3,(H2,14,19). The molecule has 0 saturated carbocycles. The number of pyridine rings is 1. The SMILES string of the molecule is CC(N(C)S(=O)(=O)c1ccc(C(N)=S)nc1)C(C)(C)C. The van der Waals surface area contributed by atoms with Gasteiger partial charge in [-0.2, -0.15) is 4.31 Å². The first-order valence-electron chi connectivity index (χ1n) is 6.22. The highest BCUT2D eigenvalue weighted by Gasteiger charge is 2.32. The van der Waals surface area contributed by atoms with Gasteiger partial charge in [0.1, 0.15) is 9.88 Å². The summed E-state index contributed by atoms with van der Waals surface area (Å²) in [5, 5.41) is 0. The number of thiocarbonyl (C=S) groups is 1. The van der Waals surface area contributed by atoms with Crippen molar-refractivity contribution in [3.05, 3.63) is 24.0 Å². The minimum absolute atomic E-state index is 0.135. The van der Waals surface area contributed by atoms with E-state index in [0.29, 0.717) is 5.69 Å². The summed E-state index contributed by atoms with van der Waals surface area (Å²) in [7, 11) is -2.00. The highest BCUT2D eigenvalue weighted by Crippen LogP contribution is 2.27. The third-order valence-electron chi connectivity index (χ3n) is 3.46. The molecule has 112 valence electrons. The van der Waals surface area contributed by atoms with Gasteiger partial charge in [0.15, 0.2) is 0 Å². The van der Waals surface area contributed by atoms with Crippen LogP contribution in [0.25, 0.3) is 0 Å². The quantitative estimate of drug-likeness (QED) is 0.857. The molecule has 0 spiro atoms. The van der Waals surface area contributed by atoms with E-state index < -0.39 is 10.0 Å². The zero-order valence-corrected chi connectivity index (χ0v) is 14.0. The van der Waals surface area contributed by atoms with Gasteiger partial charge in [0.2, 0.25) is 10.0 Å². The molecule has 20 heavy (non-hydrogen) atoms. The van der Waals surface area contributed by atoms with Gasteiger partial charge < -0.3 is 5.73 Å². The minimum atomic E-state index is -3.58. The van der Waals surface area contributed by atoms with E-state index in [2.05, 4.69) is 4.98 Å². The number of rotatable bonds is 4. The second-order valence-electron chi connectivity index (χ2n) is 5.81. The van der Waals surface area contributed by atoms with Gasteiger partial charge in [-0.25, -0.2) is 8.42 Å². The molecule has 0 fully saturated rings. The third kappa shape index (κ3) is 3.53. The van der Waals surface area contributed by atoms with Crippen molar-refractivity contribution in [1.29, 1.82) is 0 Å². The predicted molar refractivity (Wildman–Crippen MR) is 84.0 cm³/mol. The number of hydrogen-bond acceptors (Lipinski definition) is 4. The van der Waals surface area contributed by atoms with Crippen LogP contribution in [-0.2, 0) is 10.0 Å². The van der Waals surface area contributed by atoms with Crippen LogP contribution >= 0.6 is 12.2 Å². The van der Waals surface area contributed by atoms with Crippen LogP contribution in [0.3, 0.4) is 0 Å². The normalized spacial score (nSPS) is 14.3. The van der Waals surface area contributed by atoms with Gasteiger partial charge in [-0.1, -0.05) is 33.0 Å². The summed E-state index contributed by atoms with van der Waals surface area (Å²) in [5.74, 6) is 0. The monoisotopic (exact) mass is 315 g/mol. The Bertz CT molecular complexity index is 589. The fourth-order valence-corrected chi connectivity index (χ4v) is 3.21.